The van der Waals surface area contributed by atoms with Crippen LogP contribution in [-0.2, 0) is 0 Å². The van der Waals surface area contributed by atoms with Gasteiger partial charge >= 0.3 is 0 Å². The Bertz CT molecular complexity index is 661. The lowest BCUT2D eigenvalue weighted by molar-refractivity contribution is 0.103. The van der Waals surface area contributed by atoms with Gasteiger partial charge < -0.3 is 0 Å². The molecule has 0 fully saturated rings. The molecule has 1 atom stereocenters. The van der Waals surface area contributed by atoms with Crippen molar-refractivity contribution >= 4 is 17.5 Å². The Morgan fingerprint density at radius 1 is 1.14 bits per heavy atom. The van der Waals surface area contributed by atoms with Crippen LogP contribution in [0, 0.1) is 11.3 Å². The largest absolute Gasteiger partial charge is 0.289 e. The Hall–Kier alpha value is -2.05. The lowest BCUT2D eigenvalue weighted by atomic mass is 10.0. The van der Waals surface area contributed by atoms with Crippen LogP contribution in [0.3, 0.4) is 0 Å². The second kappa shape index (κ2) is 8.41. The molecule has 22 heavy (non-hydrogen) atoms. The fourth-order valence-electron chi connectivity index (χ4n) is 2.15. The van der Waals surface area contributed by atoms with Crippen LogP contribution in [0.15, 0.2) is 54.6 Å². The average molecular weight is 309 g/mol. The number of nitriles is 1. The van der Waals surface area contributed by atoms with E-state index in [4.69, 9.17) is 0 Å². The van der Waals surface area contributed by atoms with Gasteiger partial charge in [-0.25, -0.2) is 0 Å². The molecule has 3 heteroatoms. The van der Waals surface area contributed by atoms with E-state index >= 15 is 0 Å². The van der Waals surface area contributed by atoms with E-state index in [1.165, 1.54) is 0 Å². The van der Waals surface area contributed by atoms with Crippen LogP contribution in [0.5, 0.6) is 0 Å². The summed E-state index contributed by atoms with van der Waals surface area (Å²) in [6.07, 6.45) is 2.23. The maximum absolute atomic E-state index is 12.5. The van der Waals surface area contributed by atoms with E-state index in [0.29, 0.717) is 11.1 Å². The molecule has 2 nitrogen and oxygen atoms in total. The molecule has 1 unspecified atom stereocenters. The Kier molecular flexibility index (Phi) is 6.24. The molecule has 0 radical (unpaired) electrons. The zero-order valence-corrected chi connectivity index (χ0v) is 13.5. The van der Waals surface area contributed by atoms with E-state index in [1.54, 1.807) is 11.8 Å². The molecule has 0 heterocycles. The number of nitrogens with zero attached hydrogens (tertiary/aromatic N) is 1. The summed E-state index contributed by atoms with van der Waals surface area (Å²) in [5.74, 6) is 0.962. The number of thioether (sulfide) groups is 1. The van der Waals surface area contributed by atoms with E-state index in [2.05, 4.69) is 13.0 Å². The van der Waals surface area contributed by atoms with Crippen LogP contribution in [0.2, 0.25) is 0 Å². The Morgan fingerprint density at radius 3 is 2.55 bits per heavy atom. The molecule has 0 amide bonds. The summed E-state index contributed by atoms with van der Waals surface area (Å²) in [6.45, 7) is 2.14. The van der Waals surface area contributed by atoms with Gasteiger partial charge in [-0.3, -0.25) is 4.79 Å². The molecule has 0 saturated heterocycles. The van der Waals surface area contributed by atoms with Crippen LogP contribution < -0.4 is 0 Å². The third-order valence-electron chi connectivity index (χ3n) is 3.39. The monoisotopic (exact) mass is 309 g/mol. The van der Waals surface area contributed by atoms with Gasteiger partial charge in [-0.05, 0) is 23.8 Å². The fraction of sp³-hybridized carbons (Fsp3) is 0.263. The van der Waals surface area contributed by atoms with Gasteiger partial charge in [0.25, 0.3) is 0 Å². The number of carbonyl (C=O) groups excluding carboxylic acids is 1. The maximum atomic E-state index is 12.5. The third kappa shape index (κ3) is 4.22. The molecular weight excluding hydrogens is 290 g/mol. The average Bonchev–Trinajstić information content (AvgIpc) is 2.59. The normalized spacial score (nSPS) is 11.6. The summed E-state index contributed by atoms with van der Waals surface area (Å²) in [5.41, 5.74) is 2.22. The third-order valence-corrected chi connectivity index (χ3v) is 4.62. The first-order valence-corrected chi connectivity index (χ1v) is 8.52. The molecule has 0 bridgehead atoms. The smallest absolute Gasteiger partial charge is 0.193 e. The summed E-state index contributed by atoms with van der Waals surface area (Å²) in [7, 11) is 0. The van der Waals surface area contributed by atoms with Crippen molar-refractivity contribution in [1.82, 2.24) is 0 Å². The molecule has 0 aliphatic rings. The number of benzene rings is 2. The zero-order valence-electron chi connectivity index (χ0n) is 12.7. The van der Waals surface area contributed by atoms with Crippen LogP contribution in [-0.4, -0.2) is 11.5 Å². The lowest BCUT2D eigenvalue weighted by Gasteiger charge is -2.10. The molecule has 0 aliphatic carbocycles. The van der Waals surface area contributed by atoms with Crippen molar-refractivity contribution in [3.05, 3.63) is 71.3 Å². The second-order valence-corrected chi connectivity index (χ2v) is 6.27. The van der Waals surface area contributed by atoms with Crippen LogP contribution in [0.25, 0.3) is 0 Å². The molecule has 2 aromatic rings. The van der Waals surface area contributed by atoms with Crippen molar-refractivity contribution in [3.8, 4) is 6.07 Å². The van der Waals surface area contributed by atoms with E-state index in [1.807, 2.05) is 54.6 Å². The molecule has 2 aromatic carbocycles. The minimum absolute atomic E-state index is 0.00213. The maximum Gasteiger partial charge on any atom is 0.193 e. The minimum Gasteiger partial charge on any atom is -0.289 e. The first-order chi connectivity index (χ1) is 10.8. The highest BCUT2D eigenvalue weighted by molar-refractivity contribution is 7.99. The Labute approximate surface area is 136 Å². The number of carbonyl (C=O) groups is 1. The van der Waals surface area contributed by atoms with E-state index in [0.717, 1.165) is 24.2 Å². The van der Waals surface area contributed by atoms with Gasteiger partial charge in [0, 0.05) is 11.1 Å². The van der Waals surface area contributed by atoms with Crippen molar-refractivity contribution in [1.29, 1.82) is 5.26 Å². The number of hydrogen-bond donors (Lipinski definition) is 0. The van der Waals surface area contributed by atoms with Crippen molar-refractivity contribution < 1.29 is 4.79 Å². The number of rotatable bonds is 7. The van der Waals surface area contributed by atoms with Gasteiger partial charge in [0.05, 0.1) is 6.07 Å². The zero-order chi connectivity index (χ0) is 15.8. The van der Waals surface area contributed by atoms with Gasteiger partial charge in [0.15, 0.2) is 5.78 Å². The van der Waals surface area contributed by atoms with E-state index < -0.39 is 0 Å². The van der Waals surface area contributed by atoms with Crippen LogP contribution >= 0.6 is 11.8 Å². The van der Waals surface area contributed by atoms with E-state index in [-0.39, 0.29) is 11.0 Å². The Morgan fingerprint density at radius 2 is 1.86 bits per heavy atom. The SMILES string of the molecule is CCCCSC(C#N)c1cccc(C(=O)c2ccccc2)c1. The number of hydrogen-bond acceptors (Lipinski definition) is 3. The van der Waals surface area contributed by atoms with Gasteiger partial charge in [-0.1, -0.05) is 61.9 Å². The number of ketones is 1. The van der Waals surface area contributed by atoms with Gasteiger partial charge in [-0.2, -0.15) is 5.26 Å². The van der Waals surface area contributed by atoms with Crippen LogP contribution in [0.1, 0.15) is 46.5 Å². The van der Waals surface area contributed by atoms with Crippen molar-refractivity contribution in [2.75, 3.05) is 5.75 Å². The first-order valence-electron chi connectivity index (χ1n) is 7.47. The summed E-state index contributed by atoms with van der Waals surface area (Å²) in [4.78, 5) is 12.5. The summed E-state index contributed by atoms with van der Waals surface area (Å²) in [5, 5.41) is 9.16. The molecule has 0 saturated carbocycles. The standard InChI is InChI=1S/C19H19NOS/c1-2-3-12-22-18(14-20)16-10-7-11-17(13-16)19(21)15-8-5-4-6-9-15/h4-11,13,18H,2-3,12H2,1H3. The first kappa shape index (κ1) is 16.3. The molecule has 0 aliphatic heterocycles. The predicted octanol–water partition coefficient (Wildman–Crippen LogP) is 5.02. The van der Waals surface area contributed by atoms with Crippen LogP contribution in [0.4, 0.5) is 0 Å². The highest BCUT2D eigenvalue weighted by Gasteiger charge is 2.14. The molecule has 0 spiro atoms. The van der Waals surface area contributed by atoms with Gasteiger partial charge in [-0.15, -0.1) is 11.8 Å². The molecule has 112 valence electrons. The number of unbranched alkanes of at least 4 members (excludes halogenated alkanes) is 1. The summed E-state index contributed by atoms with van der Waals surface area (Å²) < 4.78 is 0. The summed E-state index contributed by atoms with van der Waals surface area (Å²) >= 11 is 1.64. The van der Waals surface area contributed by atoms with Gasteiger partial charge in [0.1, 0.15) is 5.25 Å². The second-order valence-electron chi connectivity index (χ2n) is 5.05. The van der Waals surface area contributed by atoms with Crippen molar-refractivity contribution in [2.24, 2.45) is 0 Å². The van der Waals surface area contributed by atoms with Crippen molar-refractivity contribution in [3.63, 3.8) is 0 Å². The minimum atomic E-state index is -0.213. The Balaban J connectivity index is 2.19. The molecule has 2 rings (SSSR count). The van der Waals surface area contributed by atoms with Crippen molar-refractivity contribution in [2.45, 2.75) is 25.0 Å². The quantitative estimate of drug-likeness (QED) is 0.533. The van der Waals surface area contributed by atoms with Gasteiger partial charge in [0.2, 0.25) is 0 Å². The molecular formula is C19H19NOS. The lowest BCUT2D eigenvalue weighted by Crippen LogP contribution is -2.02. The predicted molar refractivity (Wildman–Crippen MR) is 92.0 cm³/mol. The highest BCUT2D eigenvalue weighted by Crippen LogP contribution is 2.29. The molecule has 0 aromatic heterocycles. The molecule has 0 N–H and O–H groups in total. The summed E-state index contributed by atoms with van der Waals surface area (Å²) in [6, 6.07) is 19.0. The van der Waals surface area contributed by atoms with E-state index in [9.17, 15) is 10.1 Å². The highest BCUT2D eigenvalue weighted by atomic mass is 32.2. The topological polar surface area (TPSA) is 40.9 Å². The fourth-order valence-corrected chi connectivity index (χ4v) is 3.26.